The molecule has 3 heteroatoms. The Hall–Kier alpha value is -1.06. The fourth-order valence-corrected chi connectivity index (χ4v) is 3.16. The zero-order valence-electron chi connectivity index (χ0n) is 13.9. The van der Waals surface area contributed by atoms with Crippen LogP contribution in [0.4, 0.5) is 0 Å². The van der Waals surface area contributed by atoms with Crippen molar-refractivity contribution in [3.8, 4) is 5.75 Å². The first kappa shape index (κ1) is 16.3. The first-order valence-corrected chi connectivity index (χ1v) is 8.11. The van der Waals surface area contributed by atoms with Crippen molar-refractivity contribution in [3.05, 3.63) is 29.8 Å². The summed E-state index contributed by atoms with van der Waals surface area (Å²) in [5.74, 6) is 1.70. The molecule has 1 heterocycles. The van der Waals surface area contributed by atoms with Gasteiger partial charge in [0.2, 0.25) is 0 Å². The first-order chi connectivity index (χ1) is 9.91. The molecular formula is C18H30N2O. The van der Waals surface area contributed by atoms with E-state index in [-0.39, 0.29) is 6.04 Å². The minimum Gasteiger partial charge on any atom is -0.494 e. The van der Waals surface area contributed by atoms with Crippen LogP contribution >= 0.6 is 0 Å². The SMILES string of the molecule is CCOc1ccccc1C(N)CN1CCC(C(C)(C)C)C1. The van der Waals surface area contributed by atoms with Gasteiger partial charge in [0.15, 0.2) is 0 Å². The van der Waals surface area contributed by atoms with E-state index in [1.54, 1.807) is 0 Å². The molecule has 2 N–H and O–H groups in total. The van der Waals surface area contributed by atoms with Crippen LogP contribution in [0.5, 0.6) is 5.75 Å². The molecule has 2 atom stereocenters. The molecule has 3 nitrogen and oxygen atoms in total. The Morgan fingerprint density at radius 1 is 1.33 bits per heavy atom. The number of para-hydroxylation sites is 1. The van der Waals surface area contributed by atoms with Crippen LogP contribution in [0.25, 0.3) is 0 Å². The largest absolute Gasteiger partial charge is 0.494 e. The molecule has 1 saturated heterocycles. The van der Waals surface area contributed by atoms with Gasteiger partial charge < -0.3 is 15.4 Å². The summed E-state index contributed by atoms with van der Waals surface area (Å²) in [5.41, 5.74) is 7.95. The predicted octanol–water partition coefficient (Wildman–Crippen LogP) is 3.45. The van der Waals surface area contributed by atoms with Gasteiger partial charge in [0.1, 0.15) is 5.75 Å². The Balaban J connectivity index is 1.98. The Bertz CT molecular complexity index is 453. The van der Waals surface area contributed by atoms with Gasteiger partial charge in [-0.25, -0.2) is 0 Å². The molecule has 0 aliphatic carbocycles. The van der Waals surface area contributed by atoms with Crippen molar-refractivity contribution in [3.63, 3.8) is 0 Å². The van der Waals surface area contributed by atoms with Crippen LogP contribution in [-0.4, -0.2) is 31.1 Å². The van der Waals surface area contributed by atoms with E-state index in [1.165, 1.54) is 6.42 Å². The van der Waals surface area contributed by atoms with E-state index in [4.69, 9.17) is 10.5 Å². The van der Waals surface area contributed by atoms with E-state index < -0.39 is 0 Å². The van der Waals surface area contributed by atoms with E-state index in [0.29, 0.717) is 12.0 Å². The fourth-order valence-electron chi connectivity index (χ4n) is 3.16. The Kier molecular flexibility index (Phi) is 5.28. The highest BCUT2D eigenvalue weighted by molar-refractivity contribution is 5.36. The highest BCUT2D eigenvalue weighted by Crippen LogP contribution is 2.34. The molecule has 2 rings (SSSR count). The molecule has 1 aliphatic heterocycles. The molecule has 118 valence electrons. The molecule has 1 aromatic rings. The second kappa shape index (κ2) is 6.80. The molecule has 0 saturated carbocycles. The third-order valence-corrected chi connectivity index (χ3v) is 4.57. The number of likely N-dealkylation sites (tertiary alicyclic amines) is 1. The van der Waals surface area contributed by atoms with Crippen LogP contribution < -0.4 is 10.5 Å². The first-order valence-electron chi connectivity index (χ1n) is 8.11. The van der Waals surface area contributed by atoms with Crippen molar-refractivity contribution >= 4 is 0 Å². The number of hydrogen-bond acceptors (Lipinski definition) is 3. The van der Waals surface area contributed by atoms with Crippen LogP contribution in [0.1, 0.15) is 45.7 Å². The molecule has 0 amide bonds. The second-order valence-corrected chi connectivity index (χ2v) is 7.19. The summed E-state index contributed by atoms with van der Waals surface area (Å²) in [6.07, 6.45) is 1.28. The van der Waals surface area contributed by atoms with Gasteiger partial charge in [-0.1, -0.05) is 39.0 Å². The third kappa shape index (κ3) is 4.21. The number of hydrogen-bond donors (Lipinski definition) is 1. The smallest absolute Gasteiger partial charge is 0.124 e. The number of nitrogens with two attached hydrogens (primary N) is 1. The van der Waals surface area contributed by atoms with Crippen LogP contribution in [0, 0.1) is 11.3 Å². The predicted molar refractivity (Wildman–Crippen MR) is 88.5 cm³/mol. The zero-order valence-corrected chi connectivity index (χ0v) is 13.9. The van der Waals surface area contributed by atoms with Crippen LogP contribution in [-0.2, 0) is 0 Å². The van der Waals surface area contributed by atoms with Crippen molar-refractivity contribution < 1.29 is 4.74 Å². The molecule has 1 aromatic carbocycles. The van der Waals surface area contributed by atoms with Gasteiger partial charge in [0.05, 0.1) is 6.61 Å². The third-order valence-electron chi connectivity index (χ3n) is 4.57. The highest BCUT2D eigenvalue weighted by Gasteiger charge is 2.32. The molecule has 1 aliphatic rings. The summed E-state index contributed by atoms with van der Waals surface area (Å²) >= 11 is 0. The lowest BCUT2D eigenvalue weighted by Crippen LogP contribution is -2.32. The molecule has 0 spiro atoms. The number of benzene rings is 1. The maximum Gasteiger partial charge on any atom is 0.124 e. The summed E-state index contributed by atoms with van der Waals surface area (Å²) in [6.45, 7) is 12.9. The lowest BCUT2D eigenvalue weighted by Gasteiger charge is -2.28. The summed E-state index contributed by atoms with van der Waals surface area (Å²) in [5, 5.41) is 0. The molecule has 2 unspecified atom stereocenters. The van der Waals surface area contributed by atoms with E-state index in [9.17, 15) is 0 Å². The average molecular weight is 290 g/mol. The standard InChI is InChI=1S/C18H30N2O/c1-5-21-17-9-7-6-8-15(17)16(19)13-20-11-10-14(12-20)18(2,3)4/h6-9,14,16H,5,10-13,19H2,1-4H3. The van der Waals surface area contributed by atoms with Crippen LogP contribution in [0.2, 0.25) is 0 Å². The van der Waals surface area contributed by atoms with Gasteiger partial charge in [-0.15, -0.1) is 0 Å². The summed E-state index contributed by atoms with van der Waals surface area (Å²) in [6, 6.07) is 8.17. The van der Waals surface area contributed by atoms with Gasteiger partial charge in [-0.2, -0.15) is 0 Å². The van der Waals surface area contributed by atoms with Crippen molar-refractivity contribution in [2.75, 3.05) is 26.2 Å². The van der Waals surface area contributed by atoms with Crippen molar-refractivity contribution in [1.29, 1.82) is 0 Å². The molecule has 21 heavy (non-hydrogen) atoms. The minimum atomic E-state index is 0.0199. The topological polar surface area (TPSA) is 38.5 Å². The Labute approximate surface area is 129 Å². The number of ether oxygens (including phenoxy) is 1. The summed E-state index contributed by atoms with van der Waals surface area (Å²) in [7, 11) is 0. The van der Waals surface area contributed by atoms with Crippen LogP contribution in [0.15, 0.2) is 24.3 Å². The number of rotatable bonds is 5. The van der Waals surface area contributed by atoms with E-state index >= 15 is 0 Å². The normalized spacial score (nSPS) is 21.5. The summed E-state index contributed by atoms with van der Waals surface area (Å²) in [4.78, 5) is 2.50. The minimum absolute atomic E-state index is 0.0199. The van der Waals surface area contributed by atoms with Gasteiger partial charge >= 0.3 is 0 Å². The lowest BCUT2D eigenvalue weighted by atomic mass is 9.80. The maximum absolute atomic E-state index is 6.44. The zero-order chi connectivity index (χ0) is 15.5. The van der Waals surface area contributed by atoms with Crippen molar-refractivity contribution in [2.24, 2.45) is 17.1 Å². The van der Waals surface area contributed by atoms with E-state index in [2.05, 4.69) is 31.7 Å². The maximum atomic E-state index is 6.44. The van der Waals surface area contributed by atoms with Crippen molar-refractivity contribution in [1.82, 2.24) is 4.90 Å². The molecule has 0 radical (unpaired) electrons. The van der Waals surface area contributed by atoms with Gasteiger partial charge in [-0.05, 0) is 37.3 Å². The number of nitrogens with zero attached hydrogens (tertiary/aromatic N) is 1. The van der Waals surface area contributed by atoms with Gasteiger partial charge in [0, 0.05) is 24.7 Å². The molecule has 0 aromatic heterocycles. The monoisotopic (exact) mass is 290 g/mol. The Morgan fingerprint density at radius 3 is 2.67 bits per heavy atom. The highest BCUT2D eigenvalue weighted by atomic mass is 16.5. The van der Waals surface area contributed by atoms with Crippen LogP contribution in [0.3, 0.4) is 0 Å². The summed E-state index contributed by atoms with van der Waals surface area (Å²) < 4.78 is 5.70. The van der Waals surface area contributed by atoms with Gasteiger partial charge in [0.25, 0.3) is 0 Å². The molecule has 1 fully saturated rings. The molecular weight excluding hydrogens is 260 g/mol. The van der Waals surface area contributed by atoms with Gasteiger partial charge in [-0.3, -0.25) is 0 Å². The quantitative estimate of drug-likeness (QED) is 0.902. The molecule has 0 bridgehead atoms. The average Bonchev–Trinajstić information content (AvgIpc) is 2.88. The lowest BCUT2D eigenvalue weighted by molar-refractivity contribution is 0.223. The second-order valence-electron chi connectivity index (χ2n) is 7.19. The van der Waals surface area contributed by atoms with E-state index in [1.807, 2.05) is 25.1 Å². The fraction of sp³-hybridized carbons (Fsp3) is 0.667. The van der Waals surface area contributed by atoms with Crippen molar-refractivity contribution in [2.45, 2.75) is 40.2 Å². The Morgan fingerprint density at radius 2 is 2.05 bits per heavy atom. The van der Waals surface area contributed by atoms with E-state index in [0.717, 1.165) is 36.9 Å².